The first-order chi connectivity index (χ1) is 8.11. The minimum Gasteiger partial charge on any atom is -0.481 e. The van der Waals surface area contributed by atoms with Gasteiger partial charge in [0.1, 0.15) is 0 Å². The van der Waals surface area contributed by atoms with Gasteiger partial charge in [-0.3, -0.25) is 4.79 Å². The fourth-order valence-corrected chi connectivity index (χ4v) is 2.13. The molecule has 2 aromatic rings. The molecule has 0 fully saturated rings. The zero-order valence-electron chi connectivity index (χ0n) is 10.1. The van der Waals surface area contributed by atoms with Crippen molar-refractivity contribution in [1.82, 2.24) is 0 Å². The SMILES string of the molecule is CC(C(=O)O)C(C)c1cccc2ccccc12. The first-order valence-electron chi connectivity index (χ1n) is 5.81. The number of carboxylic acid groups (broad SMARTS) is 1. The third kappa shape index (κ3) is 2.16. The molecule has 2 atom stereocenters. The highest BCUT2D eigenvalue weighted by Gasteiger charge is 2.22. The van der Waals surface area contributed by atoms with Gasteiger partial charge in [-0.1, -0.05) is 56.3 Å². The zero-order chi connectivity index (χ0) is 12.4. The Bertz CT molecular complexity index is 540. The molecule has 0 radical (unpaired) electrons. The molecule has 0 amide bonds. The molecule has 88 valence electrons. The highest BCUT2D eigenvalue weighted by molar-refractivity contribution is 5.86. The van der Waals surface area contributed by atoms with Crippen LogP contribution in [0.2, 0.25) is 0 Å². The standard InChI is InChI=1S/C15H16O2/c1-10(11(2)15(16)17)13-9-5-7-12-6-3-4-8-14(12)13/h3-11H,1-2H3,(H,16,17). The van der Waals surface area contributed by atoms with E-state index < -0.39 is 5.97 Å². The van der Waals surface area contributed by atoms with Crippen molar-refractivity contribution in [3.05, 3.63) is 48.0 Å². The Morgan fingerprint density at radius 1 is 1.06 bits per heavy atom. The molecule has 2 nitrogen and oxygen atoms in total. The molecule has 0 aliphatic carbocycles. The molecule has 0 heterocycles. The summed E-state index contributed by atoms with van der Waals surface area (Å²) < 4.78 is 0. The molecular weight excluding hydrogens is 212 g/mol. The lowest BCUT2D eigenvalue weighted by molar-refractivity contribution is -0.141. The van der Waals surface area contributed by atoms with Gasteiger partial charge in [-0.05, 0) is 22.3 Å². The summed E-state index contributed by atoms with van der Waals surface area (Å²) in [6.07, 6.45) is 0. The molecule has 2 rings (SSSR count). The van der Waals surface area contributed by atoms with E-state index in [-0.39, 0.29) is 11.8 Å². The minimum atomic E-state index is -0.745. The van der Waals surface area contributed by atoms with Crippen LogP contribution in [-0.2, 0) is 4.79 Å². The van der Waals surface area contributed by atoms with Gasteiger partial charge in [0.15, 0.2) is 0 Å². The van der Waals surface area contributed by atoms with E-state index in [1.165, 1.54) is 0 Å². The number of hydrogen-bond acceptors (Lipinski definition) is 1. The summed E-state index contributed by atoms with van der Waals surface area (Å²) in [5.74, 6) is -1.11. The van der Waals surface area contributed by atoms with Crippen LogP contribution in [0, 0.1) is 5.92 Å². The predicted octanol–water partition coefficient (Wildman–Crippen LogP) is 3.66. The Morgan fingerprint density at radius 2 is 1.71 bits per heavy atom. The van der Waals surface area contributed by atoms with Gasteiger partial charge in [0.25, 0.3) is 0 Å². The maximum absolute atomic E-state index is 11.1. The predicted molar refractivity (Wildman–Crippen MR) is 69.2 cm³/mol. The average molecular weight is 228 g/mol. The summed E-state index contributed by atoms with van der Waals surface area (Å²) in [6, 6.07) is 14.2. The summed E-state index contributed by atoms with van der Waals surface area (Å²) in [7, 11) is 0. The normalized spacial score (nSPS) is 14.5. The lowest BCUT2D eigenvalue weighted by Gasteiger charge is -2.18. The second-order valence-corrected chi connectivity index (χ2v) is 4.48. The van der Waals surface area contributed by atoms with E-state index in [1.807, 2.05) is 31.2 Å². The summed E-state index contributed by atoms with van der Waals surface area (Å²) in [5.41, 5.74) is 1.11. The van der Waals surface area contributed by atoms with Crippen molar-refractivity contribution < 1.29 is 9.90 Å². The molecule has 0 bridgehead atoms. The van der Waals surface area contributed by atoms with E-state index in [1.54, 1.807) is 6.92 Å². The van der Waals surface area contributed by atoms with Gasteiger partial charge in [-0.25, -0.2) is 0 Å². The highest BCUT2D eigenvalue weighted by Crippen LogP contribution is 2.30. The van der Waals surface area contributed by atoms with E-state index in [2.05, 4.69) is 18.2 Å². The number of carboxylic acids is 1. The molecule has 1 N–H and O–H groups in total. The number of aliphatic carboxylic acids is 1. The van der Waals surface area contributed by atoms with Crippen molar-refractivity contribution in [2.24, 2.45) is 5.92 Å². The smallest absolute Gasteiger partial charge is 0.306 e. The number of hydrogen-bond donors (Lipinski definition) is 1. The molecule has 2 unspecified atom stereocenters. The van der Waals surface area contributed by atoms with Crippen molar-refractivity contribution >= 4 is 16.7 Å². The Labute approximate surface area is 101 Å². The van der Waals surface area contributed by atoms with Crippen molar-refractivity contribution in [3.8, 4) is 0 Å². The van der Waals surface area contributed by atoms with Crippen molar-refractivity contribution in [2.45, 2.75) is 19.8 Å². The van der Waals surface area contributed by atoms with Crippen LogP contribution >= 0.6 is 0 Å². The minimum absolute atomic E-state index is 0.0126. The third-order valence-corrected chi connectivity index (χ3v) is 3.45. The number of fused-ring (bicyclic) bond motifs is 1. The van der Waals surface area contributed by atoms with E-state index in [0.717, 1.165) is 16.3 Å². The topological polar surface area (TPSA) is 37.3 Å². The number of benzene rings is 2. The van der Waals surface area contributed by atoms with Gasteiger partial charge < -0.3 is 5.11 Å². The maximum atomic E-state index is 11.1. The second-order valence-electron chi connectivity index (χ2n) is 4.48. The second kappa shape index (κ2) is 4.58. The lowest BCUT2D eigenvalue weighted by atomic mass is 9.86. The maximum Gasteiger partial charge on any atom is 0.306 e. The molecule has 0 aromatic heterocycles. The number of carbonyl (C=O) groups is 1. The fraction of sp³-hybridized carbons (Fsp3) is 0.267. The van der Waals surface area contributed by atoms with Crippen LogP contribution in [0.4, 0.5) is 0 Å². The van der Waals surface area contributed by atoms with Gasteiger partial charge >= 0.3 is 5.97 Å². The van der Waals surface area contributed by atoms with Gasteiger partial charge in [0, 0.05) is 0 Å². The molecule has 0 spiro atoms. The molecule has 0 aliphatic rings. The Morgan fingerprint density at radius 3 is 2.41 bits per heavy atom. The van der Waals surface area contributed by atoms with Crippen LogP contribution < -0.4 is 0 Å². The summed E-state index contributed by atoms with van der Waals surface area (Å²) in [5, 5.41) is 11.4. The fourth-order valence-electron chi connectivity index (χ4n) is 2.13. The average Bonchev–Trinajstić information content (AvgIpc) is 2.36. The first kappa shape index (κ1) is 11.6. The molecule has 0 aliphatic heterocycles. The summed E-state index contributed by atoms with van der Waals surface area (Å²) in [6.45, 7) is 3.73. The van der Waals surface area contributed by atoms with E-state index in [0.29, 0.717) is 0 Å². The lowest BCUT2D eigenvalue weighted by Crippen LogP contribution is -2.16. The van der Waals surface area contributed by atoms with Gasteiger partial charge in [0.05, 0.1) is 5.92 Å². The van der Waals surface area contributed by atoms with E-state index in [9.17, 15) is 4.79 Å². The zero-order valence-corrected chi connectivity index (χ0v) is 10.1. The van der Waals surface area contributed by atoms with Crippen LogP contribution in [-0.4, -0.2) is 11.1 Å². The Balaban J connectivity index is 2.52. The summed E-state index contributed by atoms with van der Waals surface area (Å²) >= 11 is 0. The first-order valence-corrected chi connectivity index (χ1v) is 5.81. The van der Waals surface area contributed by atoms with Crippen molar-refractivity contribution in [3.63, 3.8) is 0 Å². The largest absolute Gasteiger partial charge is 0.481 e. The molecule has 0 saturated heterocycles. The quantitative estimate of drug-likeness (QED) is 0.870. The van der Waals surface area contributed by atoms with Crippen molar-refractivity contribution in [2.75, 3.05) is 0 Å². The van der Waals surface area contributed by atoms with Crippen LogP contribution in [0.25, 0.3) is 10.8 Å². The van der Waals surface area contributed by atoms with E-state index in [4.69, 9.17) is 5.11 Å². The van der Waals surface area contributed by atoms with Gasteiger partial charge in [-0.2, -0.15) is 0 Å². The molecule has 17 heavy (non-hydrogen) atoms. The third-order valence-electron chi connectivity index (χ3n) is 3.45. The van der Waals surface area contributed by atoms with Crippen molar-refractivity contribution in [1.29, 1.82) is 0 Å². The highest BCUT2D eigenvalue weighted by atomic mass is 16.4. The van der Waals surface area contributed by atoms with Crippen LogP contribution in [0.15, 0.2) is 42.5 Å². The van der Waals surface area contributed by atoms with Crippen LogP contribution in [0.1, 0.15) is 25.3 Å². The molecular formula is C15H16O2. The summed E-state index contributed by atoms with van der Waals surface area (Å²) in [4.78, 5) is 11.1. The Hall–Kier alpha value is -1.83. The molecule has 2 aromatic carbocycles. The van der Waals surface area contributed by atoms with Gasteiger partial charge in [-0.15, -0.1) is 0 Å². The van der Waals surface area contributed by atoms with Crippen LogP contribution in [0.3, 0.4) is 0 Å². The molecule has 2 heteroatoms. The molecule has 0 saturated carbocycles. The van der Waals surface area contributed by atoms with Crippen LogP contribution in [0.5, 0.6) is 0 Å². The Kier molecular flexibility index (Phi) is 3.14. The monoisotopic (exact) mass is 228 g/mol. The van der Waals surface area contributed by atoms with E-state index >= 15 is 0 Å². The number of rotatable bonds is 3. The van der Waals surface area contributed by atoms with Gasteiger partial charge in [0.2, 0.25) is 0 Å².